The molecule has 0 spiro atoms. The van der Waals surface area contributed by atoms with Gasteiger partial charge in [0, 0.05) is 24.8 Å². The number of rotatable bonds is 6. The summed E-state index contributed by atoms with van der Waals surface area (Å²) in [7, 11) is 0. The number of fused-ring (bicyclic) bond motifs is 1. The van der Waals surface area contributed by atoms with Crippen LogP contribution in [0.2, 0.25) is 0 Å². The monoisotopic (exact) mass is 343 g/mol. The van der Waals surface area contributed by atoms with Crippen molar-refractivity contribution in [3.8, 4) is 11.4 Å². The van der Waals surface area contributed by atoms with Crippen molar-refractivity contribution < 1.29 is 0 Å². The Bertz CT molecular complexity index is 1020. The number of aromatic nitrogens is 5. The van der Waals surface area contributed by atoms with Crippen LogP contribution in [0, 0.1) is 0 Å². The van der Waals surface area contributed by atoms with Gasteiger partial charge in [0.1, 0.15) is 11.3 Å². The van der Waals surface area contributed by atoms with Crippen LogP contribution in [0.15, 0.2) is 28.0 Å². The molecule has 0 saturated carbocycles. The molecule has 25 heavy (non-hydrogen) atoms. The third-order valence-electron chi connectivity index (χ3n) is 3.99. The summed E-state index contributed by atoms with van der Waals surface area (Å²) in [6, 6.07) is 1.74. The molecule has 0 aromatic carbocycles. The predicted octanol–water partition coefficient (Wildman–Crippen LogP) is 1.05. The van der Waals surface area contributed by atoms with Gasteiger partial charge in [-0.2, -0.15) is 0 Å². The number of imidazole rings is 1. The normalized spacial score (nSPS) is 11.2. The zero-order valence-corrected chi connectivity index (χ0v) is 14.2. The molecule has 3 heterocycles. The van der Waals surface area contributed by atoms with Crippen molar-refractivity contribution in [1.29, 1.82) is 0 Å². The maximum atomic E-state index is 12.7. The maximum absolute atomic E-state index is 12.7. The van der Waals surface area contributed by atoms with Crippen molar-refractivity contribution in [3.05, 3.63) is 39.3 Å². The van der Waals surface area contributed by atoms with Crippen LogP contribution in [0.1, 0.15) is 26.7 Å². The number of nitrogens with two attached hydrogens (primary N) is 1. The van der Waals surface area contributed by atoms with Gasteiger partial charge in [-0.25, -0.2) is 9.78 Å². The fraction of sp³-hybridized carbons (Fsp3) is 0.375. The molecule has 4 N–H and O–H groups in total. The molecule has 132 valence electrons. The zero-order valence-electron chi connectivity index (χ0n) is 14.2. The Balaban J connectivity index is 2.33. The molecule has 3 aromatic rings. The highest BCUT2D eigenvalue weighted by atomic mass is 16.2. The van der Waals surface area contributed by atoms with Gasteiger partial charge in [-0.15, -0.1) is 0 Å². The van der Waals surface area contributed by atoms with Gasteiger partial charge in [0.25, 0.3) is 5.56 Å². The lowest BCUT2D eigenvalue weighted by Crippen LogP contribution is -2.40. The molecule has 0 radical (unpaired) electrons. The van der Waals surface area contributed by atoms with Gasteiger partial charge in [0.15, 0.2) is 5.65 Å². The molecule has 0 aliphatic rings. The highest BCUT2D eigenvalue weighted by molar-refractivity contribution is 5.80. The van der Waals surface area contributed by atoms with E-state index >= 15 is 0 Å². The van der Waals surface area contributed by atoms with Gasteiger partial charge in [0.05, 0.1) is 11.9 Å². The van der Waals surface area contributed by atoms with E-state index in [1.165, 1.54) is 4.57 Å². The van der Waals surface area contributed by atoms with E-state index in [0.717, 1.165) is 6.42 Å². The second kappa shape index (κ2) is 6.89. The third kappa shape index (κ3) is 2.82. The first-order chi connectivity index (χ1) is 12.1. The summed E-state index contributed by atoms with van der Waals surface area (Å²) >= 11 is 0. The lowest BCUT2D eigenvalue weighted by Gasteiger charge is -2.09. The first-order valence-electron chi connectivity index (χ1n) is 8.26. The van der Waals surface area contributed by atoms with E-state index in [9.17, 15) is 9.59 Å². The smallest absolute Gasteiger partial charge is 0.332 e. The number of nitrogen functional groups attached to an aromatic ring is 1. The lowest BCUT2D eigenvalue weighted by molar-refractivity contribution is 0.555. The van der Waals surface area contributed by atoms with Crippen LogP contribution in [0.4, 0.5) is 5.69 Å². The van der Waals surface area contributed by atoms with Crippen molar-refractivity contribution in [3.63, 3.8) is 0 Å². The number of nitrogens with zero attached hydrogens (tertiary/aromatic N) is 4. The first-order valence-corrected chi connectivity index (χ1v) is 8.26. The zero-order chi connectivity index (χ0) is 18.0. The van der Waals surface area contributed by atoms with E-state index in [4.69, 9.17) is 5.84 Å². The number of aromatic amines is 1. The average molecular weight is 343 g/mol. The van der Waals surface area contributed by atoms with Crippen LogP contribution in [0.3, 0.4) is 0 Å². The standard InChI is InChI=1S/C16H21N7O2/c1-3-7-22-14-12(15(24)23(8-4-2)16(22)25)19-13(20-14)10-5-6-18-9-11(10)21-17/h5-6,9,21H,3-4,7-8,17H2,1-2H3,(H,19,20). The predicted molar refractivity (Wildman–Crippen MR) is 96.2 cm³/mol. The Hall–Kier alpha value is -2.94. The molecule has 0 aliphatic carbocycles. The number of hydrogen-bond acceptors (Lipinski definition) is 6. The number of pyridine rings is 1. The molecule has 0 atom stereocenters. The minimum absolute atomic E-state index is 0.316. The number of anilines is 1. The number of nitrogens with one attached hydrogen (secondary N) is 2. The van der Waals surface area contributed by atoms with Crippen LogP contribution in [-0.4, -0.2) is 24.1 Å². The Labute approximate surface area is 143 Å². The molecule has 0 fully saturated rings. The summed E-state index contributed by atoms with van der Waals surface area (Å²) in [5.41, 5.74) is 3.79. The second-order valence-corrected chi connectivity index (χ2v) is 5.74. The molecule has 0 bridgehead atoms. The van der Waals surface area contributed by atoms with Crippen molar-refractivity contribution in [2.45, 2.75) is 39.8 Å². The van der Waals surface area contributed by atoms with E-state index in [1.54, 1.807) is 23.0 Å². The Morgan fingerprint density at radius 1 is 1.20 bits per heavy atom. The highest BCUT2D eigenvalue weighted by Crippen LogP contribution is 2.24. The van der Waals surface area contributed by atoms with Crippen LogP contribution in [-0.2, 0) is 13.1 Å². The summed E-state index contributed by atoms with van der Waals surface area (Å²) in [6.45, 7) is 4.76. The third-order valence-corrected chi connectivity index (χ3v) is 3.99. The van der Waals surface area contributed by atoms with E-state index in [2.05, 4.69) is 20.4 Å². The van der Waals surface area contributed by atoms with E-state index in [1.807, 2.05) is 13.8 Å². The molecule has 0 unspecified atom stereocenters. The van der Waals surface area contributed by atoms with E-state index < -0.39 is 0 Å². The van der Waals surface area contributed by atoms with Crippen LogP contribution >= 0.6 is 0 Å². The number of hydrazine groups is 1. The molecule has 3 aromatic heterocycles. The van der Waals surface area contributed by atoms with Crippen molar-refractivity contribution in [2.75, 3.05) is 5.43 Å². The Morgan fingerprint density at radius 2 is 1.92 bits per heavy atom. The van der Waals surface area contributed by atoms with Gasteiger partial charge < -0.3 is 10.4 Å². The molecule has 0 amide bonds. The van der Waals surface area contributed by atoms with Crippen LogP contribution < -0.4 is 22.5 Å². The van der Waals surface area contributed by atoms with E-state index in [-0.39, 0.29) is 11.2 Å². The van der Waals surface area contributed by atoms with Gasteiger partial charge in [-0.3, -0.25) is 24.8 Å². The number of aryl methyl sites for hydroxylation is 1. The van der Waals surface area contributed by atoms with Crippen molar-refractivity contribution in [2.24, 2.45) is 5.84 Å². The molecular formula is C16H21N7O2. The second-order valence-electron chi connectivity index (χ2n) is 5.74. The van der Waals surface area contributed by atoms with E-state index in [0.29, 0.717) is 47.7 Å². The maximum Gasteiger partial charge on any atom is 0.332 e. The quantitative estimate of drug-likeness (QED) is 0.454. The minimum atomic E-state index is -0.357. The fourth-order valence-corrected chi connectivity index (χ4v) is 2.86. The summed E-state index contributed by atoms with van der Waals surface area (Å²) in [6.07, 6.45) is 4.63. The molecule has 0 aliphatic heterocycles. The number of H-pyrrole nitrogens is 1. The Kier molecular flexibility index (Phi) is 4.66. The summed E-state index contributed by atoms with van der Waals surface area (Å²) < 4.78 is 2.80. The first kappa shape index (κ1) is 16.9. The topological polar surface area (TPSA) is 124 Å². The SMILES string of the molecule is CCCn1c(=O)c2[nH]c(-c3ccncc3NN)nc2n(CCC)c1=O. The summed E-state index contributed by atoms with van der Waals surface area (Å²) in [5, 5.41) is 0. The molecule has 9 heteroatoms. The largest absolute Gasteiger partial charge is 0.332 e. The van der Waals surface area contributed by atoms with Gasteiger partial charge in [-0.1, -0.05) is 13.8 Å². The molecule has 9 nitrogen and oxygen atoms in total. The number of hydrogen-bond donors (Lipinski definition) is 3. The fourth-order valence-electron chi connectivity index (χ4n) is 2.86. The van der Waals surface area contributed by atoms with Crippen LogP contribution in [0.5, 0.6) is 0 Å². The summed E-state index contributed by atoms with van der Waals surface area (Å²) in [4.78, 5) is 37.0. The Morgan fingerprint density at radius 3 is 2.60 bits per heavy atom. The highest BCUT2D eigenvalue weighted by Gasteiger charge is 2.18. The van der Waals surface area contributed by atoms with Crippen molar-refractivity contribution >= 4 is 16.9 Å². The van der Waals surface area contributed by atoms with Crippen LogP contribution in [0.25, 0.3) is 22.6 Å². The molecule has 0 saturated heterocycles. The average Bonchev–Trinajstić information content (AvgIpc) is 3.07. The lowest BCUT2D eigenvalue weighted by atomic mass is 10.2. The van der Waals surface area contributed by atoms with Gasteiger partial charge in [0.2, 0.25) is 0 Å². The molecule has 3 rings (SSSR count). The minimum Gasteiger partial charge on any atom is -0.332 e. The van der Waals surface area contributed by atoms with Crippen molar-refractivity contribution in [1.82, 2.24) is 24.1 Å². The van der Waals surface area contributed by atoms with Gasteiger partial charge >= 0.3 is 5.69 Å². The molecular weight excluding hydrogens is 322 g/mol. The van der Waals surface area contributed by atoms with Gasteiger partial charge in [-0.05, 0) is 18.9 Å². The summed E-state index contributed by atoms with van der Waals surface area (Å²) in [5.74, 6) is 5.98.